The van der Waals surface area contributed by atoms with Crippen molar-refractivity contribution in [3.8, 4) is 11.5 Å². The van der Waals surface area contributed by atoms with Crippen molar-refractivity contribution in [2.45, 2.75) is 38.5 Å². The molecule has 0 unspecified atom stereocenters. The van der Waals surface area contributed by atoms with Crippen molar-refractivity contribution in [2.75, 3.05) is 20.8 Å². The Morgan fingerprint density at radius 3 is 2.19 bits per heavy atom. The van der Waals surface area contributed by atoms with E-state index in [1.54, 1.807) is 32.4 Å². The van der Waals surface area contributed by atoms with Gasteiger partial charge in [0.05, 0.1) is 14.2 Å². The zero-order valence-corrected chi connectivity index (χ0v) is 16.3. The molecule has 1 N–H and O–H groups in total. The summed E-state index contributed by atoms with van der Waals surface area (Å²) in [6.07, 6.45) is 7.08. The summed E-state index contributed by atoms with van der Waals surface area (Å²) in [5.74, 6) is 1.16. The highest BCUT2D eigenvalue weighted by atomic mass is 16.5. The standard InChI is InChI=1S/C23H29NO3/c1-26-20-13-19(14-21(15-20)27-2)22(25)24-17-23(11-7-4-8-12-23)16-18-9-5-3-6-10-18/h3,5-6,9-10,13-15H,4,7-8,11-12,16-17H2,1-2H3,(H,24,25). The Morgan fingerprint density at radius 2 is 1.59 bits per heavy atom. The molecule has 0 heterocycles. The van der Waals surface area contributed by atoms with Crippen molar-refractivity contribution < 1.29 is 14.3 Å². The van der Waals surface area contributed by atoms with E-state index in [-0.39, 0.29) is 11.3 Å². The molecule has 2 aromatic carbocycles. The average molecular weight is 367 g/mol. The van der Waals surface area contributed by atoms with Crippen LogP contribution in [0.3, 0.4) is 0 Å². The van der Waals surface area contributed by atoms with Crippen LogP contribution in [0, 0.1) is 5.41 Å². The number of amides is 1. The molecule has 1 fully saturated rings. The number of hydrogen-bond acceptors (Lipinski definition) is 3. The first-order valence-corrected chi connectivity index (χ1v) is 9.69. The zero-order chi connectivity index (χ0) is 19.1. The monoisotopic (exact) mass is 367 g/mol. The summed E-state index contributed by atoms with van der Waals surface area (Å²) in [5.41, 5.74) is 2.05. The normalized spacial score (nSPS) is 15.8. The van der Waals surface area contributed by atoms with Crippen LogP contribution in [-0.2, 0) is 6.42 Å². The highest BCUT2D eigenvalue weighted by Gasteiger charge is 2.32. The predicted molar refractivity (Wildman–Crippen MR) is 108 cm³/mol. The fraction of sp³-hybridized carbons (Fsp3) is 0.435. The molecule has 1 aliphatic rings. The van der Waals surface area contributed by atoms with Crippen LogP contribution in [0.1, 0.15) is 48.0 Å². The highest BCUT2D eigenvalue weighted by Crippen LogP contribution is 2.39. The Labute approximate surface area is 161 Å². The van der Waals surface area contributed by atoms with Crippen molar-refractivity contribution >= 4 is 5.91 Å². The Hall–Kier alpha value is -2.49. The van der Waals surface area contributed by atoms with Crippen LogP contribution in [0.4, 0.5) is 0 Å². The van der Waals surface area contributed by atoms with Crippen molar-refractivity contribution in [1.82, 2.24) is 5.32 Å². The molecule has 144 valence electrons. The van der Waals surface area contributed by atoms with Crippen molar-refractivity contribution in [2.24, 2.45) is 5.41 Å². The number of nitrogens with one attached hydrogen (secondary N) is 1. The smallest absolute Gasteiger partial charge is 0.251 e. The molecule has 1 saturated carbocycles. The van der Waals surface area contributed by atoms with E-state index in [1.165, 1.54) is 24.8 Å². The molecule has 0 bridgehead atoms. The summed E-state index contributed by atoms with van der Waals surface area (Å²) in [4.78, 5) is 12.8. The lowest BCUT2D eigenvalue weighted by molar-refractivity contribution is 0.0907. The molecule has 0 spiro atoms. The fourth-order valence-corrected chi connectivity index (χ4v) is 4.06. The summed E-state index contributed by atoms with van der Waals surface area (Å²) in [5, 5.41) is 3.18. The van der Waals surface area contributed by atoms with Crippen molar-refractivity contribution in [3.63, 3.8) is 0 Å². The number of rotatable bonds is 7. The SMILES string of the molecule is COc1cc(OC)cc(C(=O)NCC2(Cc3ccccc3)CCCCC2)c1. The number of carbonyl (C=O) groups is 1. The van der Waals surface area contributed by atoms with Gasteiger partial charge >= 0.3 is 0 Å². The van der Waals surface area contributed by atoms with Gasteiger partial charge in [0.2, 0.25) is 0 Å². The molecule has 0 saturated heterocycles. The summed E-state index contributed by atoms with van der Waals surface area (Å²) in [7, 11) is 3.18. The minimum atomic E-state index is -0.0785. The van der Waals surface area contributed by atoms with Gasteiger partial charge in [0, 0.05) is 18.2 Å². The quantitative estimate of drug-likeness (QED) is 0.776. The fourth-order valence-electron chi connectivity index (χ4n) is 4.06. The molecule has 0 aliphatic heterocycles. The average Bonchev–Trinajstić information content (AvgIpc) is 2.73. The summed E-state index contributed by atoms with van der Waals surface area (Å²) >= 11 is 0. The molecule has 4 heteroatoms. The molecular weight excluding hydrogens is 338 g/mol. The van der Waals surface area contributed by atoms with E-state index in [9.17, 15) is 4.79 Å². The van der Waals surface area contributed by atoms with Gasteiger partial charge in [-0.1, -0.05) is 49.6 Å². The van der Waals surface area contributed by atoms with Crippen molar-refractivity contribution in [3.05, 3.63) is 59.7 Å². The molecule has 27 heavy (non-hydrogen) atoms. The topological polar surface area (TPSA) is 47.6 Å². The second kappa shape index (κ2) is 8.94. The van der Waals surface area contributed by atoms with Gasteiger partial charge in [-0.2, -0.15) is 0 Å². The molecule has 1 amide bonds. The van der Waals surface area contributed by atoms with Crippen LogP contribution in [0.2, 0.25) is 0 Å². The number of carbonyl (C=O) groups excluding carboxylic acids is 1. The summed E-state index contributed by atoms with van der Waals surface area (Å²) < 4.78 is 10.6. The lowest BCUT2D eigenvalue weighted by atomic mass is 9.70. The van der Waals surface area contributed by atoms with Gasteiger partial charge < -0.3 is 14.8 Å². The van der Waals surface area contributed by atoms with E-state index in [4.69, 9.17) is 9.47 Å². The Kier molecular flexibility index (Phi) is 6.38. The first-order valence-electron chi connectivity index (χ1n) is 9.69. The lowest BCUT2D eigenvalue weighted by Gasteiger charge is -2.38. The molecule has 0 radical (unpaired) electrons. The second-order valence-electron chi connectivity index (χ2n) is 7.51. The summed E-state index contributed by atoms with van der Waals surface area (Å²) in [6.45, 7) is 0.695. The van der Waals surface area contributed by atoms with Crippen LogP contribution in [0.15, 0.2) is 48.5 Å². The van der Waals surface area contributed by atoms with E-state index in [2.05, 4.69) is 35.6 Å². The van der Waals surface area contributed by atoms with Crippen LogP contribution in [-0.4, -0.2) is 26.7 Å². The molecule has 2 aromatic rings. The van der Waals surface area contributed by atoms with E-state index in [0.29, 0.717) is 23.6 Å². The third kappa shape index (κ3) is 5.03. The molecule has 4 nitrogen and oxygen atoms in total. The lowest BCUT2D eigenvalue weighted by Crippen LogP contribution is -2.40. The van der Waals surface area contributed by atoms with Crippen LogP contribution >= 0.6 is 0 Å². The minimum Gasteiger partial charge on any atom is -0.497 e. The summed E-state index contributed by atoms with van der Waals surface area (Å²) in [6, 6.07) is 15.9. The van der Waals surface area contributed by atoms with Gasteiger partial charge in [-0.25, -0.2) is 0 Å². The van der Waals surface area contributed by atoms with Gasteiger partial charge in [-0.3, -0.25) is 4.79 Å². The molecular formula is C23H29NO3. The first kappa shape index (κ1) is 19.3. The van der Waals surface area contributed by atoms with Crippen LogP contribution in [0.5, 0.6) is 11.5 Å². The van der Waals surface area contributed by atoms with Gasteiger partial charge in [0.15, 0.2) is 0 Å². The van der Waals surface area contributed by atoms with Gasteiger partial charge in [0.1, 0.15) is 11.5 Å². The number of hydrogen-bond donors (Lipinski definition) is 1. The Balaban J connectivity index is 1.72. The van der Waals surface area contributed by atoms with Crippen LogP contribution in [0.25, 0.3) is 0 Å². The maximum atomic E-state index is 12.8. The maximum Gasteiger partial charge on any atom is 0.251 e. The van der Waals surface area contributed by atoms with E-state index in [0.717, 1.165) is 19.3 Å². The largest absolute Gasteiger partial charge is 0.497 e. The van der Waals surface area contributed by atoms with Gasteiger partial charge in [-0.15, -0.1) is 0 Å². The Bertz CT molecular complexity index is 729. The molecule has 1 aliphatic carbocycles. The van der Waals surface area contributed by atoms with Crippen LogP contribution < -0.4 is 14.8 Å². The van der Waals surface area contributed by atoms with Gasteiger partial charge in [0.25, 0.3) is 5.91 Å². The molecule has 0 aromatic heterocycles. The highest BCUT2D eigenvalue weighted by molar-refractivity contribution is 5.95. The van der Waals surface area contributed by atoms with E-state index in [1.807, 2.05) is 0 Å². The number of benzene rings is 2. The Morgan fingerprint density at radius 1 is 0.963 bits per heavy atom. The second-order valence-corrected chi connectivity index (χ2v) is 7.51. The third-order valence-electron chi connectivity index (χ3n) is 5.57. The zero-order valence-electron chi connectivity index (χ0n) is 16.3. The predicted octanol–water partition coefficient (Wildman–Crippen LogP) is 4.63. The maximum absolute atomic E-state index is 12.8. The first-order chi connectivity index (χ1) is 13.1. The molecule has 0 atom stereocenters. The number of methoxy groups -OCH3 is 2. The third-order valence-corrected chi connectivity index (χ3v) is 5.57. The molecule has 3 rings (SSSR count). The van der Waals surface area contributed by atoms with E-state index >= 15 is 0 Å². The van der Waals surface area contributed by atoms with Gasteiger partial charge in [-0.05, 0) is 42.4 Å². The van der Waals surface area contributed by atoms with Crippen molar-refractivity contribution in [1.29, 1.82) is 0 Å². The number of ether oxygens (including phenoxy) is 2. The minimum absolute atomic E-state index is 0.0785. The van der Waals surface area contributed by atoms with E-state index < -0.39 is 0 Å².